The minimum Gasteiger partial charge on any atom is -0.484 e. The molecular weight excluding hydrogens is 319 g/mol. The number of halogens is 4. The molecule has 0 amide bonds. The molecule has 22 heavy (non-hydrogen) atoms. The van der Waals surface area contributed by atoms with Crippen molar-refractivity contribution in [1.82, 2.24) is 0 Å². The molecule has 2 rings (SSSR count). The molecule has 8 heteroatoms. The van der Waals surface area contributed by atoms with Crippen molar-refractivity contribution in [1.29, 1.82) is 0 Å². The molecular formula is C14H17BClF3O3. The van der Waals surface area contributed by atoms with Gasteiger partial charge in [0.25, 0.3) is 0 Å². The van der Waals surface area contributed by atoms with Crippen molar-refractivity contribution in [2.45, 2.75) is 45.1 Å². The van der Waals surface area contributed by atoms with Crippen LogP contribution < -0.4 is 10.2 Å². The summed E-state index contributed by atoms with van der Waals surface area (Å²) in [6.07, 6.45) is -4.39. The summed E-state index contributed by atoms with van der Waals surface area (Å²) in [5, 5.41) is 0.234. The Hall–Kier alpha value is -0.915. The van der Waals surface area contributed by atoms with E-state index in [-0.39, 0.29) is 10.8 Å². The average Bonchev–Trinajstić information content (AvgIpc) is 2.55. The number of rotatable bonds is 3. The SMILES string of the molecule is CC1(C)OB(c2ccc(OCC(F)(F)F)cc2Cl)OC1(C)C. The molecule has 0 radical (unpaired) electrons. The molecule has 0 bridgehead atoms. The Morgan fingerprint density at radius 3 is 2.14 bits per heavy atom. The second-order valence-electron chi connectivity index (χ2n) is 6.18. The second kappa shape index (κ2) is 5.62. The first kappa shape index (κ1) is 17.4. The van der Waals surface area contributed by atoms with Gasteiger partial charge in [0.1, 0.15) is 5.75 Å². The summed E-state index contributed by atoms with van der Waals surface area (Å²) >= 11 is 6.12. The molecule has 3 nitrogen and oxygen atoms in total. The van der Waals surface area contributed by atoms with Gasteiger partial charge in [-0.2, -0.15) is 13.2 Å². The molecule has 1 heterocycles. The van der Waals surface area contributed by atoms with Crippen LogP contribution in [0.4, 0.5) is 13.2 Å². The van der Waals surface area contributed by atoms with Crippen LogP contribution in [0.3, 0.4) is 0 Å². The number of benzene rings is 1. The third-order valence-corrected chi connectivity index (χ3v) is 4.21. The van der Waals surface area contributed by atoms with Gasteiger partial charge in [0, 0.05) is 10.5 Å². The van der Waals surface area contributed by atoms with Gasteiger partial charge >= 0.3 is 13.3 Å². The number of alkyl halides is 3. The summed E-state index contributed by atoms with van der Waals surface area (Å²) in [4.78, 5) is 0. The van der Waals surface area contributed by atoms with Gasteiger partial charge in [-0.1, -0.05) is 17.7 Å². The first-order chi connectivity index (χ1) is 9.91. The van der Waals surface area contributed by atoms with Gasteiger partial charge in [-0.25, -0.2) is 0 Å². The molecule has 1 aliphatic rings. The zero-order valence-electron chi connectivity index (χ0n) is 12.8. The van der Waals surface area contributed by atoms with Crippen molar-refractivity contribution >= 4 is 24.2 Å². The maximum atomic E-state index is 12.1. The third kappa shape index (κ3) is 3.70. The summed E-state index contributed by atoms with van der Waals surface area (Å²) in [7, 11) is -0.672. The van der Waals surface area contributed by atoms with E-state index in [0.717, 1.165) is 0 Å². The molecule has 1 aromatic carbocycles. The highest BCUT2D eigenvalue weighted by molar-refractivity contribution is 6.65. The highest BCUT2D eigenvalue weighted by Gasteiger charge is 2.52. The molecule has 0 unspecified atom stereocenters. The highest BCUT2D eigenvalue weighted by atomic mass is 35.5. The van der Waals surface area contributed by atoms with Gasteiger partial charge in [0.2, 0.25) is 0 Å². The lowest BCUT2D eigenvalue weighted by atomic mass is 9.79. The van der Waals surface area contributed by atoms with Crippen LogP contribution >= 0.6 is 11.6 Å². The molecule has 0 saturated carbocycles. The van der Waals surface area contributed by atoms with Crippen LogP contribution in [0.25, 0.3) is 0 Å². The zero-order chi connectivity index (χ0) is 16.8. The summed E-state index contributed by atoms with van der Waals surface area (Å²) in [5.41, 5.74) is -0.488. The summed E-state index contributed by atoms with van der Waals surface area (Å²) < 4.78 is 52.8. The predicted molar refractivity (Wildman–Crippen MR) is 78.7 cm³/mol. The maximum Gasteiger partial charge on any atom is 0.496 e. The molecule has 122 valence electrons. The van der Waals surface area contributed by atoms with E-state index >= 15 is 0 Å². The van der Waals surface area contributed by atoms with E-state index in [1.54, 1.807) is 6.07 Å². The third-order valence-electron chi connectivity index (χ3n) is 3.88. The van der Waals surface area contributed by atoms with E-state index in [1.807, 2.05) is 27.7 Å². The minimum atomic E-state index is -4.39. The Bertz CT molecular complexity index is 545. The van der Waals surface area contributed by atoms with Gasteiger partial charge in [0.15, 0.2) is 6.61 Å². The molecule has 0 atom stereocenters. The molecule has 1 fully saturated rings. The second-order valence-corrected chi connectivity index (χ2v) is 6.58. The molecule has 0 aromatic heterocycles. The van der Waals surface area contributed by atoms with Gasteiger partial charge < -0.3 is 14.0 Å². The molecule has 0 N–H and O–H groups in total. The van der Waals surface area contributed by atoms with Crippen molar-refractivity contribution in [3.8, 4) is 5.75 Å². The first-order valence-corrected chi connectivity index (χ1v) is 7.14. The van der Waals surface area contributed by atoms with Gasteiger partial charge in [-0.3, -0.25) is 0 Å². The Labute approximate surface area is 132 Å². The van der Waals surface area contributed by atoms with E-state index in [4.69, 9.17) is 20.9 Å². The van der Waals surface area contributed by atoms with Crippen molar-refractivity contribution in [3.05, 3.63) is 23.2 Å². The van der Waals surface area contributed by atoms with Crippen molar-refractivity contribution < 1.29 is 27.2 Å². The smallest absolute Gasteiger partial charge is 0.484 e. The summed E-state index contributed by atoms with van der Waals surface area (Å²) in [5.74, 6) is 0.0441. The summed E-state index contributed by atoms with van der Waals surface area (Å²) in [6.45, 7) is 6.26. The van der Waals surface area contributed by atoms with Crippen LogP contribution in [-0.4, -0.2) is 31.1 Å². The zero-order valence-corrected chi connectivity index (χ0v) is 13.5. The van der Waals surface area contributed by atoms with Crippen LogP contribution in [0.2, 0.25) is 5.02 Å². The fourth-order valence-corrected chi connectivity index (χ4v) is 2.18. The van der Waals surface area contributed by atoms with Crippen LogP contribution in [0.5, 0.6) is 5.75 Å². The minimum absolute atomic E-state index is 0.0441. The number of hydrogen-bond donors (Lipinski definition) is 0. The standard InChI is InChI=1S/C14H17BClF3O3/c1-12(2)13(3,4)22-15(21-12)10-6-5-9(7-11(10)16)20-8-14(17,18)19/h5-7H,8H2,1-4H3. The lowest BCUT2D eigenvalue weighted by molar-refractivity contribution is -0.153. The van der Waals surface area contributed by atoms with Crippen LogP contribution in [0.15, 0.2) is 18.2 Å². The van der Waals surface area contributed by atoms with E-state index in [9.17, 15) is 13.2 Å². The van der Waals surface area contributed by atoms with Gasteiger partial charge in [-0.05, 0) is 39.8 Å². The number of ether oxygens (including phenoxy) is 1. The Balaban J connectivity index is 2.14. The maximum absolute atomic E-state index is 12.1. The molecule has 1 aromatic rings. The molecule has 0 spiro atoms. The quantitative estimate of drug-likeness (QED) is 0.790. The van der Waals surface area contributed by atoms with Crippen molar-refractivity contribution in [3.63, 3.8) is 0 Å². The fraction of sp³-hybridized carbons (Fsp3) is 0.571. The van der Waals surface area contributed by atoms with Crippen LogP contribution in [0.1, 0.15) is 27.7 Å². The van der Waals surface area contributed by atoms with E-state index in [1.165, 1.54) is 12.1 Å². The normalized spacial score (nSPS) is 20.3. The summed E-state index contributed by atoms with van der Waals surface area (Å²) in [6, 6.07) is 4.29. The predicted octanol–water partition coefficient (Wildman–Crippen LogP) is 3.58. The molecule has 0 aliphatic carbocycles. The van der Waals surface area contributed by atoms with E-state index in [2.05, 4.69) is 4.74 Å². The first-order valence-electron chi connectivity index (χ1n) is 6.76. The van der Waals surface area contributed by atoms with Crippen molar-refractivity contribution in [2.75, 3.05) is 6.61 Å². The largest absolute Gasteiger partial charge is 0.496 e. The monoisotopic (exact) mass is 336 g/mol. The topological polar surface area (TPSA) is 27.7 Å². The van der Waals surface area contributed by atoms with Crippen molar-refractivity contribution in [2.24, 2.45) is 0 Å². The Morgan fingerprint density at radius 2 is 1.68 bits per heavy atom. The molecule has 1 saturated heterocycles. The lowest BCUT2D eigenvalue weighted by Gasteiger charge is -2.32. The van der Waals surface area contributed by atoms with E-state index in [0.29, 0.717) is 5.46 Å². The molecule has 1 aliphatic heterocycles. The van der Waals surface area contributed by atoms with Gasteiger partial charge in [0.05, 0.1) is 11.2 Å². The fourth-order valence-electron chi connectivity index (χ4n) is 1.92. The number of hydrogen-bond acceptors (Lipinski definition) is 3. The van der Waals surface area contributed by atoms with Crippen LogP contribution in [0, 0.1) is 0 Å². The Morgan fingerprint density at radius 1 is 1.14 bits per heavy atom. The van der Waals surface area contributed by atoms with Crippen LogP contribution in [-0.2, 0) is 9.31 Å². The van der Waals surface area contributed by atoms with Gasteiger partial charge in [-0.15, -0.1) is 0 Å². The Kier molecular flexibility index (Phi) is 4.45. The highest BCUT2D eigenvalue weighted by Crippen LogP contribution is 2.37. The van der Waals surface area contributed by atoms with E-state index < -0.39 is 31.1 Å². The average molecular weight is 337 g/mol. The lowest BCUT2D eigenvalue weighted by Crippen LogP contribution is -2.41.